The molecule has 15 heavy (non-hydrogen) atoms. The van der Waals surface area contributed by atoms with Crippen molar-refractivity contribution in [2.24, 2.45) is 0 Å². The second-order valence-electron chi connectivity index (χ2n) is 3.96. The molecule has 0 atom stereocenters. The Bertz CT molecular complexity index is 272. The average molecular weight is 212 g/mol. The number of amides is 2. The monoisotopic (exact) mass is 212 g/mol. The van der Waals surface area contributed by atoms with E-state index in [4.69, 9.17) is 0 Å². The van der Waals surface area contributed by atoms with E-state index < -0.39 is 0 Å². The van der Waals surface area contributed by atoms with Crippen LogP contribution in [0, 0.1) is 0 Å². The van der Waals surface area contributed by atoms with Crippen molar-refractivity contribution >= 4 is 11.8 Å². The maximum atomic E-state index is 11.6. The minimum Gasteiger partial charge on any atom is -0.343 e. The lowest BCUT2D eigenvalue weighted by molar-refractivity contribution is -0.139. The summed E-state index contributed by atoms with van der Waals surface area (Å²) in [4.78, 5) is 26.1. The average Bonchev–Trinajstić information content (AvgIpc) is 2.14. The van der Waals surface area contributed by atoms with Gasteiger partial charge in [-0.2, -0.15) is 0 Å². The van der Waals surface area contributed by atoms with Gasteiger partial charge in [0.05, 0.1) is 0 Å². The van der Waals surface area contributed by atoms with E-state index in [1.54, 1.807) is 25.9 Å². The molecule has 0 unspecified atom stereocenters. The minimum absolute atomic E-state index is 0.0992. The van der Waals surface area contributed by atoms with Crippen LogP contribution in [0.15, 0.2) is 12.3 Å². The summed E-state index contributed by atoms with van der Waals surface area (Å²) < 4.78 is 0. The molecule has 0 spiro atoms. The van der Waals surface area contributed by atoms with Gasteiger partial charge < -0.3 is 9.80 Å². The van der Waals surface area contributed by atoms with Gasteiger partial charge in [0.2, 0.25) is 11.8 Å². The van der Waals surface area contributed by atoms with Crippen LogP contribution in [0.4, 0.5) is 0 Å². The summed E-state index contributed by atoms with van der Waals surface area (Å²) in [6.07, 6.45) is -0.0992. The smallest absolute Gasteiger partial charge is 0.235 e. The molecule has 0 radical (unpaired) electrons. The first-order valence-corrected chi connectivity index (χ1v) is 4.95. The number of carbonyl (C=O) groups is 2. The molecule has 0 aromatic rings. The van der Waals surface area contributed by atoms with Gasteiger partial charge in [-0.25, -0.2) is 0 Å². The Morgan fingerprint density at radius 1 is 1.20 bits per heavy atom. The third kappa shape index (κ3) is 4.14. The fourth-order valence-electron chi connectivity index (χ4n) is 0.874. The summed E-state index contributed by atoms with van der Waals surface area (Å²) in [6, 6.07) is 0.112. The van der Waals surface area contributed by atoms with E-state index in [1.807, 2.05) is 13.8 Å². The summed E-state index contributed by atoms with van der Waals surface area (Å²) in [5, 5.41) is 0. The first kappa shape index (κ1) is 13.7. The van der Waals surface area contributed by atoms with Crippen LogP contribution in [-0.2, 0) is 9.59 Å². The van der Waals surface area contributed by atoms with Crippen LogP contribution in [0.5, 0.6) is 0 Å². The summed E-state index contributed by atoms with van der Waals surface area (Å²) >= 11 is 0. The number of nitrogens with zero attached hydrogens (tertiary/aromatic N) is 2. The van der Waals surface area contributed by atoms with Gasteiger partial charge in [-0.15, -0.1) is 0 Å². The van der Waals surface area contributed by atoms with Crippen molar-refractivity contribution < 1.29 is 9.59 Å². The van der Waals surface area contributed by atoms with Gasteiger partial charge in [-0.3, -0.25) is 9.59 Å². The summed E-state index contributed by atoms with van der Waals surface area (Å²) in [6.45, 7) is 9.19. The molecule has 4 nitrogen and oxygen atoms in total. The molecule has 0 aliphatic heterocycles. The van der Waals surface area contributed by atoms with E-state index in [0.29, 0.717) is 5.70 Å². The minimum atomic E-state index is -0.222. The molecule has 86 valence electrons. The Morgan fingerprint density at radius 3 is 2.00 bits per heavy atom. The van der Waals surface area contributed by atoms with Crippen LogP contribution in [0.2, 0.25) is 0 Å². The summed E-state index contributed by atoms with van der Waals surface area (Å²) in [7, 11) is 3.31. The van der Waals surface area contributed by atoms with Crippen LogP contribution in [-0.4, -0.2) is 41.8 Å². The molecule has 0 heterocycles. The summed E-state index contributed by atoms with van der Waals surface area (Å²) in [5.41, 5.74) is 0.639. The molecule has 0 aromatic heterocycles. The number of hydrogen-bond acceptors (Lipinski definition) is 2. The highest BCUT2D eigenvalue weighted by molar-refractivity contribution is 5.97. The SMILES string of the molecule is C=C(C)N(C)C(=O)CC(=O)N(C)C(C)C. The normalized spacial score (nSPS) is 10.0. The highest BCUT2D eigenvalue weighted by Crippen LogP contribution is 2.03. The predicted molar refractivity (Wildman–Crippen MR) is 60.1 cm³/mol. The van der Waals surface area contributed by atoms with Gasteiger partial charge in [0.1, 0.15) is 6.42 Å². The molecule has 0 aliphatic rings. The maximum absolute atomic E-state index is 11.6. The molecular weight excluding hydrogens is 192 g/mol. The highest BCUT2D eigenvalue weighted by Gasteiger charge is 2.18. The van der Waals surface area contributed by atoms with Crippen molar-refractivity contribution in [3.8, 4) is 0 Å². The lowest BCUT2D eigenvalue weighted by Gasteiger charge is -2.23. The number of allylic oxidation sites excluding steroid dienone is 1. The zero-order valence-corrected chi connectivity index (χ0v) is 10.2. The third-order valence-electron chi connectivity index (χ3n) is 2.42. The van der Waals surface area contributed by atoms with Crippen LogP contribution in [0.3, 0.4) is 0 Å². The molecular formula is C11H20N2O2. The molecule has 4 heteroatoms. The lowest BCUT2D eigenvalue weighted by Crippen LogP contribution is -2.37. The topological polar surface area (TPSA) is 40.6 Å². The lowest BCUT2D eigenvalue weighted by atomic mass is 10.2. The van der Waals surface area contributed by atoms with Crippen molar-refractivity contribution in [3.63, 3.8) is 0 Å². The van der Waals surface area contributed by atoms with Crippen molar-refractivity contribution in [1.82, 2.24) is 9.80 Å². The van der Waals surface area contributed by atoms with Crippen molar-refractivity contribution in [2.45, 2.75) is 33.2 Å². The van der Waals surface area contributed by atoms with Crippen LogP contribution < -0.4 is 0 Å². The standard InChI is InChI=1S/C11H20N2O2/c1-8(2)12(5)10(14)7-11(15)13(6)9(3)4/h9H,1,7H2,2-6H3. The van der Waals surface area contributed by atoms with E-state index >= 15 is 0 Å². The second-order valence-corrected chi connectivity index (χ2v) is 3.96. The molecule has 0 rings (SSSR count). The fourth-order valence-corrected chi connectivity index (χ4v) is 0.874. The van der Waals surface area contributed by atoms with Gasteiger partial charge in [-0.1, -0.05) is 6.58 Å². The maximum Gasteiger partial charge on any atom is 0.235 e. The van der Waals surface area contributed by atoms with E-state index in [2.05, 4.69) is 6.58 Å². The quantitative estimate of drug-likeness (QED) is 0.658. The van der Waals surface area contributed by atoms with Crippen molar-refractivity contribution in [2.75, 3.05) is 14.1 Å². The Labute approximate surface area is 91.5 Å². The number of hydrogen-bond donors (Lipinski definition) is 0. The van der Waals surface area contributed by atoms with Crippen molar-refractivity contribution in [1.29, 1.82) is 0 Å². The molecule has 0 saturated heterocycles. The molecule has 0 saturated carbocycles. The van der Waals surface area contributed by atoms with Crippen LogP contribution in [0.1, 0.15) is 27.2 Å². The van der Waals surface area contributed by atoms with Crippen LogP contribution >= 0.6 is 0 Å². The molecule has 0 bridgehead atoms. The van der Waals surface area contributed by atoms with E-state index in [-0.39, 0.29) is 24.3 Å². The number of rotatable bonds is 4. The zero-order chi connectivity index (χ0) is 12.2. The fraction of sp³-hybridized carbons (Fsp3) is 0.636. The Balaban J connectivity index is 4.31. The van der Waals surface area contributed by atoms with E-state index in [9.17, 15) is 9.59 Å². The van der Waals surface area contributed by atoms with Gasteiger partial charge in [0.25, 0.3) is 0 Å². The molecule has 0 N–H and O–H groups in total. The highest BCUT2D eigenvalue weighted by atomic mass is 16.2. The first-order chi connectivity index (χ1) is 6.77. The predicted octanol–water partition coefficient (Wildman–Crippen LogP) is 1.24. The van der Waals surface area contributed by atoms with Gasteiger partial charge in [0.15, 0.2) is 0 Å². The second kappa shape index (κ2) is 5.53. The Morgan fingerprint density at radius 2 is 1.67 bits per heavy atom. The summed E-state index contributed by atoms with van der Waals surface area (Å²) in [5.74, 6) is -0.386. The van der Waals surface area contributed by atoms with E-state index in [1.165, 1.54) is 4.90 Å². The van der Waals surface area contributed by atoms with Gasteiger partial charge >= 0.3 is 0 Å². The number of carbonyl (C=O) groups excluding carboxylic acids is 2. The first-order valence-electron chi connectivity index (χ1n) is 4.95. The Hall–Kier alpha value is -1.32. The zero-order valence-electron chi connectivity index (χ0n) is 10.2. The van der Waals surface area contributed by atoms with Gasteiger partial charge in [-0.05, 0) is 20.8 Å². The van der Waals surface area contributed by atoms with E-state index in [0.717, 1.165) is 0 Å². The molecule has 0 fully saturated rings. The molecule has 0 aromatic carbocycles. The molecule has 2 amide bonds. The Kier molecular flexibility index (Phi) is 5.05. The molecule has 0 aliphatic carbocycles. The third-order valence-corrected chi connectivity index (χ3v) is 2.42. The van der Waals surface area contributed by atoms with Gasteiger partial charge in [0, 0.05) is 25.8 Å². The van der Waals surface area contributed by atoms with Crippen LogP contribution in [0.25, 0.3) is 0 Å². The van der Waals surface area contributed by atoms with Crippen molar-refractivity contribution in [3.05, 3.63) is 12.3 Å². The largest absolute Gasteiger partial charge is 0.343 e.